The number of benzene rings is 1. The Balaban J connectivity index is 1.88. The van der Waals surface area contributed by atoms with Crippen LogP contribution in [0.4, 0.5) is 5.88 Å². The van der Waals surface area contributed by atoms with E-state index in [0.717, 1.165) is 11.3 Å². The number of nitriles is 1. The van der Waals surface area contributed by atoms with Crippen molar-refractivity contribution in [3.8, 4) is 23.3 Å². The maximum absolute atomic E-state index is 9.40. The molecule has 0 saturated carbocycles. The highest BCUT2D eigenvalue weighted by Gasteiger charge is 2.28. The average molecular weight is 327 g/mol. The van der Waals surface area contributed by atoms with E-state index < -0.39 is 0 Å². The second-order valence-corrected chi connectivity index (χ2v) is 5.90. The molecule has 24 heavy (non-hydrogen) atoms. The summed E-state index contributed by atoms with van der Waals surface area (Å²) in [6, 6.07) is 9.63. The Morgan fingerprint density at radius 2 is 1.92 bits per heavy atom. The third kappa shape index (κ3) is 3.36. The Morgan fingerprint density at radius 3 is 2.50 bits per heavy atom. The molecule has 1 aromatic carbocycles. The average Bonchev–Trinajstić information content (AvgIpc) is 2.99. The highest BCUT2D eigenvalue weighted by molar-refractivity contribution is 5.60. The molecule has 6 nitrogen and oxygen atoms in total. The number of oxazole rings is 1. The number of rotatable bonds is 4. The van der Waals surface area contributed by atoms with Gasteiger partial charge in [-0.1, -0.05) is 0 Å². The molecule has 2 aromatic rings. The Hall–Kier alpha value is -2.52. The third-order valence-electron chi connectivity index (χ3n) is 3.83. The zero-order valence-corrected chi connectivity index (χ0v) is 14.2. The first-order chi connectivity index (χ1) is 11.6. The topological polar surface area (TPSA) is 71.5 Å². The molecular weight excluding hydrogens is 306 g/mol. The molecule has 0 amide bonds. The normalized spacial score (nSPS) is 20.7. The summed E-state index contributed by atoms with van der Waals surface area (Å²) in [7, 11) is 0. The lowest BCUT2D eigenvalue weighted by atomic mass is 10.2. The summed E-state index contributed by atoms with van der Waals surface area (Å²) in [5.74, 6) is 1.75. The molecule has 126 valence electrons. The van der Waals surface area contributed by atoms with Gasteiger partial charge in [0.05, 0.1) is 18.8 Å². The molecule has 2 heterocycles. The van der Waals surface area contributed by atoms with Gasteiger partial charge in [0.1, 0.15) is 11.8 Å². The van der Waals surface area contributed by atoms with E-state index in [4.69, 9.17) is 13.9 Å². The predicted octanol–water partition coefficient (Wildman–Crippen LogP) is 3.23. The molecule has 1 fully saturated rings. The second-order valence-electron chi connectivity index (χ2n) is 5.90. The van der Waals surface area contributed by atoms with Gasteiger partial charge in [0.2, 0.25) is 17.5 Å². The van der Waals surface area contributed by atoms with Crippen molar-refractivity contribution in [1.82, 2.24) is 4.98 Å². The fraction of sp³-hybridized carbons (Fsp3) is 0.444. The first-order valence-corrected chi connectivity index (χ1v) is 8.15. The number of morpholine rings is 1. The monoisotopic (exact) mass is 327 g/mol. The Kier molecular flexibility index (Phi) is 4.72. The van der Waals surface area contributed by atoms with Crippen LogP contribution in [0.15, 0.2) is 28.7 Å². The predicted molar refractivity (Wildman–Crippen MR) is 90.0 cm³/mol. The van der Waals surface area contributed by atoms with Gasteiger partial charge in [0.25, 0.3) is 0 Å². The molecule has 1 aromatic heterocycles. The van der Waals surface area contributed by atoms with Crippen molar-refractivity contribution in [1.29, 1.82) is 5.26 Å². The lowest BCUT2D eigenvalue weighted by Gasteiger charge is -2.34. The molecule has 1 aliphatic rings. The van der Waals surface area contributed by atoms with Crippen molar-refractivity contribution in [2.24, 2.45) is 0 Å². The number of nitrogens with zero attached hydrogens (tertiary/aromatic N) is 3. The van der Waals surface area contributed by atoms with Crippen LogP contribution >= 0.6 is 0 Å². The molecule has 0 N–H and O–H groups in total. The molecule has 0 spiro atoms. The minimum absolute atomic E-state index is 0.0827. The first-order valence-electron chi connectivity index (χ1n) is 8.15. The Bertz CT molecular complexity index is 723. The fourth-order valence-electron chi connectivity index (χ4n) is 2.93. The van der Waals surface area contributed by atoms with E-state index >= 15 is 0 Å². The van der Waals surface area contributed by atoms with Crippen molar-refractivity contribution in [2.75, 3.05) is 24.6 Å². The molecule has 2 atom stereocenters. The Labute approximate surface area is 141 Å². The van der Waals surface area contributed by atoms with E-state index in [2.05, 4.69) is 11.1 Å². The summed E-state index contributed by atoms with van der Waals surface area (Å²) in [4.78, 5) is 6.38. The van der Waals surface area contributed by atoms with E-state index in [0.29, 0.717) is 37.2 Å². The molecular formula is C18H21N3O3. The van der Waals surface area contributed by atoms with E-state index in [1.165, 1.54) is 0 Å². The molecule has 1 aliphatic heterocycles. The third-order valence-corrected chi connectivity index (χ3v) is 3.83. The maximum Gasteiger partial charge on any atom is 0.235 e. The minimum atomic E-state index is 0.0827. The van der Waals surface area contributed by atoms with Crippen LogP contribution in [0.2, 0.25) is 0 Å². The maximum atomic E-state index is 9.40. The summed E-state index contributed by atoms with van der Waals surface area (Å²) in [6.45, 7) is 7.94. The van der Waals surface area contributed by atoms with Crippen LogP contribution in [-0.2, 0) is 4.74 Å². The van der Waals surface area contributed by atoms with Crippen LogP contribution < -0.4 is 9.64 Å². The van der Waals surface area contributed by atoms with Gasteiger partial charge >= 0.3 is 0 Å². The lowest BCUT2D eigenvalue weighted by molar-refractivity contribution is -0.00638. The molecule has 6 heteroatoms. The van der Waals surface area contributed by atoms with Gasteiger partial charge in [0.15, 0.2) is 0 Å². The van der Waals surface area contributed by atoms with E-state index in [1.807, 2.05) is 49.9 Å². The van der Waals surface area contributed by atoms with Gasteiger partial charge in [-0.3, -0.25) is 0 Å². The summed E-state index contributed by atoms with van der Waals surface area (Å²) < 4.78 is 17.1. The zero-order valence-electron chi connectivity index (χ0n) is 14.2. The van der Waals surface area contributed by atoms with Crippen molar-refractivity contribution < 1.29 is 13.9 Å². The van der Waals surface area contributed by atoms with Gasteiger partial charge < -0.3 is 18.8 Å². The van der Waals surface area contributed by atoms with Gasteiger partial charge in [-0.2, -0.15) is 10.2 Å². The highest BCUT2D eigenvalue weighted by Crippen LogP contribution is 2.30. The number of hydrogen-bond acceptors (Lipinski definition) is 6. The lowest BCUT2D eigenvalue weighted by Crippen LogP contribution is -2.45. The van der Waals surface area contributed by atoms with Crippen LogP contribution in [0, 0.1) is 11.3 Å². The summed E-state index contributed by atoms with van der Waals surface area (Å²) >= 11 is 0. The zero-order chi connectivity index (χ0) is 17.1. The largest absolute Gasteiger partial charge is 0.494 e. The molecule has 0 unspecified atom stereocenters. The first kappa shape index (κ1) is 16.3. The smallest absolute Gasteiger partial charge is 0.235 e. The number of aromatic nitrogens is 1. The van der Waals surface area contributed by atoms with Crippen LogP contribution in [0.3, 0.4) is 0 Å². The Morgan fingerprint density at radius 1 is 1.25 bits per heavy atom. The number of hydrogen-bond donors (Lipinski definition) is 0. The summed E-state index contributed by atoms with van der Waals surface area (Å²) in [6.07, 6.45) is 0.165. The van der Waals surface area contributed by atoms with Gasteiger partial charge in [-0.05, 0) is 45.0 Å². The van der Waals surface area contributed by atoms with Crippen molar-refractivity contribution in [2.45, 2.75) is 33.0 Å². The quantitative estimate of drug-likeness (QED) is 0.858. The fourth-order valence-corrected chi connectivity index (χ4v) is 2.93. The van der Waals surface area contributed by atoms with E-state index in [1.54, 1.807) is 0 Å². The molecule has 0 aliphatic carbocycles. The molecule has 0 radical (unpaired) electrons. The van der Waals surface area contributed by atoms with Crippen LogP contribution in [0.25, 0.3) is 11.5 Å². The SMILES string of the molecule is CCOc1ccc(-c2nc(C#N)c(N3C[C@@H](C)O[C@H](C)C3)o2)cc1. The number of anilines is 1. The van der Waals surface area contributed by atoms with Crippen molar-refractivity contribution in [3.05, 3.63) is 30.0 Å². The van der Waals surface area contributed by atoms with Crippen LogP contribution in [-0.4, -0.2) is 36.9 Å². The molecule has 3 rings (SSSR count). The van der Waals surface area contributed by atoms with Crippen molar-refractivity contribution in [3.63, 3.8) is 0 Å². The van der Waals surface area contributed by atoms with Crippen LogP contribution in [0.5, 0.6) is 5.75 Å². The van der Waals surface area contributed by atoms with Gasteiger partial charge in [-0.25, -0.2) is 0 Å². The standard InChI is InChI=1S/C18H21N3O3/c1-4-22-15-7-5-14(6-8-15)17-20-16(9-19)18(24-17)21-10-12(2)23-13(3)11-21/h5-8,12-13H,4,10-11H2,1-3H3/t12-,13-/m1/s1. The van der Waals surface area contributed by atoms with E-state index in [9.17, 15) is 5.26 Å². The van der Waals surface area contributed by atoms with Gasteiger partial charge in [-0.15, -0.1) is 0 Å². The number of ether oxygens (including phenoxy) is 2. The molecule has 1 saturated heterocycles. The summed E-state index contributed by atoms with van der Waals surface area (Å²) in [5.41, 5.74) is 1.12. The second kappa shape index (κ2) is 6.93. The van der Waals surface area contributed by atoms with Gasteiger partial charge in [0, 0.05) is 18.7 Å². The van der Waals surface area contributed by atoms with E-state index in [-0.39, 0.29) is 12.2 Å². The highest BCUT2D eigenvalue weighted by atomic mass is 16.5. The minimum Gasteiger partial charge on any atom is -0.494 e. The molecule has 0 bridgehead atoms. The van der Waals surface area contributed by atoms with Crippen molar-refractivity contribution >= 4 is 5.88 Å². The van der Waals surface area contributed by atoms with Crippen LogP contribution in [0.1, 0.15) is 26.5 Å². The summed E-state index contributed by atoms with van der Waals surface area (Å²) in [5, 5.41) is 9.40.